The average Bonchev–Trinajstić information content (AvgIpc) is 2.87. The van der Waals surface area contributed by atoms with Gasteiger partial charge in [0.25, 0.3) is 0 Å². The summed E-state index contributed by atoms with van der Waals surface area (Å²) in [6, 6.07) is 6.05. The van der Waals surface area contributed by atoms with E-state index in [-0.39, 0.29) is 18.5 Å². The van der Waals surface area contributed by atoms with E-state index < -0.39 is 0 Å². The summed E-state index contributed by atoms with van der Waals surface area (Å²) in [5, 5.41) is 18.6. The highest BCUT2D eigenvalue weighted by Gasteiger charge is 2.18. The number of rotatable bonds is 6. The second-order valence-corrected chi connectivity index (χ2v) is 6.45. The van der Waals surface area contributed by atoms with Crippen molar-refractivity contribution in [1.29, 1.82) is 0 Å². The van der Waals surface area contributed by atoms with Gasteiger partial charge in [0.05, 0.1) is 19.2 Å². The molecular formula is C13H16FN3OS2. The van der Waals surface area contributed by atoms with Crippen LogP contribution in [-0.2, 0) is 6.54 Å². The second kappa shape index (κ2) is 7.12. The zero-order valence-corrected chi connectivity index (χ0v) is 12.9. The molecule has 0 aliphatic rings. The predicted octanol–water partition coefficient (Wildman–Crippen LogP) is 2.56. The number of aliphatic hydroxyl groups is 1. The Hall–Kier alpha value is -1.02. The van der Waals surface area contributed by atoms with Gasteiger partial charge in [-0.3, -0.25) is 4.90 Å². The van der Waals surface area contributed by atoms with Crippen LogP contribution in [0.25, 0.3) is 0 Å². The third-order valence-electron chi connectivity index (χ3n) is 2.95. The van der Waals surface area contributed by atoms with Gasteiger partial charge in [0.15, 0.2) is 4.34 Å². The highest BCUT2D eigenvalue weighted by Crippen LogP contribution is 2.24. The summed E-state index contributed by atoms with van der Waals surface area (Å²) >= 11 is 3.09. The number of aliphatic hydroxyl groups excluding tert-OH is 1. The third-order valence-corrected chi connectivity index (χ3v) is 4.83. The molecule has 1 aromatic heterocycles. The highest BCUT2D eigenvalue weighted by molar-refractivity contribution is 8.00. The Morgan fingerprint density at radius 1 is 1.45 bits per heavy atom. The number of hydrogen-bond donors (Lipinski definition) is 1. The molecule has 0 aliphatic carbocycles. The van der Waals surface area contributed by atoms with E-state index in [1.807, 2.05) is 24.3 Å². The van der Waals surface area contributed by atoms with Gasteiger partial charge in [0, 0.05) is 0 Å². The molecular weight excluding hydrogens is 297 g/mol. The number of hydrogen-bond acceptors (Lipinski definition) is 6. The topological polar surface area (TPSA) is 49.2 Å². The maximum absolute atomic E-state index is 13.3. The molecule has 1 heterocycles. The van der Waals surface area contributed by atoms with Crippen LogP contribution in [0.15, 0.2) is 28.6 Å². The molecule has 7 heteroatoms. The van der Waals surface area contributed by atoms with Gasteiger partial charge in [0.2, 0.25) is 0 Å². The monoisotopic (exact) mass is 313 g/mol. The van der Waals surface area contributed by atoms with Crippen LogP contribution in [0, 0.1) is 5.82 Å². The number of halogens is 1. The third kappa shape index (κ3) is 3.76. The van der Waals surface area contributed by atoms with Crippen LogP contribution in [0.4, 0.5) is 4.39 Å². The van der Waals surface area contributed by atoms with E-state index >= 15 is 0 Å². The SMILES string of the molecule is CSc1nnc(CN(C)[C@H](CO)c2cccc(F)c2)s1. The van der Waals surface area contributed by atoms with Crippen LogP contribution in [-0.4, -0.2) is 40.1 Å². The van der Waals surface area contributed by atoms with Crippen molar-refractivity contribution in [2.24, 2.45) is 0 Å². The molecule has 0 unspecified atom stereocenters. The summed E-state index contributed by atoms with van der Waals surface area (Å²) in [5.74, 6) is -0.296. The van der Waals surface area contributed by atoms with Crippen molar-refractivity contribution in [2.75, 3.05) is 19.9 Å². The van der Waals surface area contributed by atoms with Crippen LogP contribution < -0.4 is 0 Å². The molecule has 0 fully saturated rings. The minimum atomic E-state index is -0.296. The fourth-order valence-electron chi connectivity index (χ4n) is 1.92. The number of nitrogens with zero attached hydrogens (tertiary/aromatic N) is 3. The molecule has 4 nitrogen and oxygen atoms in total. The zero-order valence-electron chi connectivity index (χ0n) is 11.3. The quantitative estimate of drug-likeness (QED) is 0.831. The largest absolute Gasteiger partial charge is 0.394 e. The summed E-state index contributed by atoms with van der Waals surface area (Å²) in [6.07, 6.45) is 1.96. The van der Waals surface area contributed by atoms with Crippen LogP contribution in [0.2, 0.25) is 0 Å². The van der Waals surface area contributed by atoms with Gasteiger partial charge in [-0.15, -0.1) is 10.2 Å². The van der Waals surface area contributed by atoms with E-state index in [1.54, 1.807) is 17.8 Å². The number of likely N-dealkylation sites (N-methyl/N-ethyl adjacent to an activating group) is 1. The predicted molar refractivity (Wildman–Crippen MR) is 79.4 cm³/mol. The molecule has 1 aromatic carbocycles. The van der Waals surface area contributed by atoms with Crippen molar-refractivity contribution in [3.63, 3.8) is 0 Å². The maximum Gasteiger partial charge on any atom is 0.174 e. The first kappa shape index (κ1) is 15.4. The maximum atomic E-state index is 13.3. The first-order chi connectivity index (χ1) is 9.63. The second-order valence-electron chi connectivity index (χ2n) is 4.33. The molecule has 20 heavy (non-hydrogen) atoms. The fourth-order valence-corrected chi connectivity index (χ4v) is 3.30. The van der Waals surface area contributed by atoms with Gasteiger partial charge in [0.1, 0.15) is 10.8 Å². The van der Waals surface area contributed by atoms with Gasteiger partial charge < -0.3 is 5.11 Å². The van der Waals surface area contributed by atoms with Crippen molar-refractivity contribution in [1.82, 2.24) is 15.1 Å². The Morgan fingerprint density at radius 2 is 2.25 bits per heavy atom. The van der Waals surface area contributed by atoms with E-state index in [2.05, 4.69) is 10.2 Å². The number of aromatic nitrogens is 2. The van der Waals surface area contributed by atoms with Gasteiger partial charge >= 0.3 is 0 Å². The molecule has 0 bridgehead atoms. The Labute approximate surface area is 125 Å². The summed E-state index contributed by atoms with van der Waals surface area (Å²) < 4.78 is 14.2. The van der Waals surface area contributed by atoms with Gasteiger partial charge in [-0.2, -0.15) is 0 Å². The lowest BCUT2D eigenvalue weighted by molar-refractivity contribution is 0.142. The first-order valence-electron chi connectivity index (χ1n) is 6.07. The Morgan fingerprint density at radius 3 is 2.85 bits per heavy atom. The highest BCUT2D eigenvalue weighted by atomic mass is 32.2. The first-order valence-corrected chi connectivity index (χ1v) is 8.11. The van der Waals surface area contributed by atoms with Crippen molar-refractivity contribution in [3.8, 4) is 0 Å². The van der Waals surface area contributed by atoms with E-state index in [9.17, 15) is 9.50 Å². The van der Waals surface area contributed by atoms with Gasteiger partial charge in [-0.25, -0.2) is 4.39 Å². The van der Waals surface area contributed by atoms with Crippen molar-refractivity contribution in [2.45, 2.75) is 16.9 Å². The lowest BCUT2D eigenvalue weighted by atomic mass is 10.1. The van der Waals surface area contributed by atoms with Crippen LogP contribution in [0.3, 0.4) is 0 Å². The molecule has 0 saturated heterocycles. The fraction of sp³-hybridized carbons (Fsp3) is 0.385. The van der Waals surface area contributed by atoms with Crippen LogP contribution >= 0.6 is 23.1 Å². The zero-order chi connectivity index (χ0) is 14.5. The minimum Gasteiger partial charge on any atom is -0.394 e. The van der Waals surface area contributed by atoms with E-state index in [4.69, 9.17) is 0 Å². The molecule has 0 aliphatic heterocycles. The lowest BCUT2D eigenvalue weighted by Crippen LogP contribution is -2.27. The average molecular weight is 313 g/mol. The smallest absolute Gasteiger partial charge is 0.174 e. The van der Waals surface area contributed by atoms with E-state index in [0.29, 0.717) is 6.54 Å². The van der Waals surface area contributed by atoms with Crippen molar-refractivity contribution in [3.05, 3.63) is 40.7 Å². The number of benzene rings is 1. The summed E-state index contributed by atoms with van der Waals surface area (Å²) in [6.45, 7) is 0.494. The Balaban J connectivity index is 2.10. The molecule has 1 N–H and O–H groups in total. The lowest BCUT2D eigenvalue weighted by Gasteiger charge is -2.25. The normalized spacial score (nSPS) is 12.8. The van der Waals surface area contributed by atoms with Gasteiger partial charge in [-0.05, 0) is 31.0 Å². The van der Waals surface area contributed by atoms with Crippen molar-refractivity contribution < 1.29 is 9.50 Å². The van der Waals surface area contributed by atoms with E-state index in [0.717, 1.165) is 14.9 Å². The van der Waals surface area contributed by atoms with Gasteiger partial charge in [-0.1, -0.05) is 35.2 Å². The Bertz CT molecular complexity index is 564. The molecule has 1 atom stereocenters. The van der Waals surface area contributed by atoms with Crippen molar-refractivity contribution >= 4 is 23.1 Å². The van der Waals surface area contributed by atoms with E-state index in [1.165, 1.54) is 23.5 Å². The summed E-state index contributed by atoms with van der Waals surface area (Å²) in [5.41, 5.74) is 0.754. The molecule has 108 valence electrons. The number of thioether (sulfide) groups is 1. The summed E-state index contributed by atoms with van der Waals surface area (Å²) in [4.78, 5) is 1.94. The molecule has 0 radical (unpaired) electrons. The summed E-state index contributed by atoms with van der Waals surface area (Å²) in [7, 11) is 1.88. The van der Waals surface area contributed by atoms with Crippen LogP contribution in [0.5, 0.6) is 0 Å². The minimum absolute atomic E-state index is 0.0753. The standard InChI is InChI=1S/C13H16FN3OS2/c1-17(7-12-15-16-13(19-2)20-12)11(8-18)9-4-3-5-10(14)6-9/h3-6,11,18H,7-8H2,1-2H3/t11-/m1/s1. The molecule has 2 rings (SSSR count). The molecule has 0 amide bonds. The molecule has 2 aromatic rings. The molecule has 0 saturated carbocycles. The Kier molecular flexibility index (Phi) is 5.47. The molecule has 0 spiro atoms. The van der Waals surface area contributed by atoms with Crippen LogP contribution in [0.1, 0.15) is 16.6 Å².